The summed E-state index contributed by atoms with van der Waals surface area (Å²) in [4.78, 5) is 25.3. The second-order valence-corrected chi connectivity index (χ2v) is 5.99. The molecule has 0 heterocycles. The Morgan fingerprint density at radius 2 is 1.40 bits per heavy atom. The predicted octanol–water partition coefficient (Wildman–Crippen LogP) is 4.79. The minimum Gasteiger partial charge on any atom is -0.321 e. The molecular weight excluding hydrogens is 310 g/mol. The highest BCUT2D eigenvalue weighted by Crippen LogP contribution is 2.20. The van der Waals surface area contributed by atoms with E-state index in [4.69, 9.17) is 0 Å². The van der Waals surface area contributed by atoms with Gasteiger partial charge in [0.1, 0.15) is 0 Å². The van der Waals surface area contributed by atoms with Gasteiger partial charge < -0.3 is 5.32 Å². The van der Waals surface area contributed by atoms with E-state index in [2.05, 4.69) is 5.32 Å². The number of anilines is 1. The van der Waals surface area contributed by atoms with Crippen LogP contribution in [0.15, 0.2) is 72.8 Å². The number of ketones is 1. The highest BCUT2D eigenvalue weighted by Gasteiger charge is 2.15. The molecule has 0 radical (unpaired) electrons. The SMILES string of the molecule is Cc1ccc(C(=O)Nc2ccccc2C(=O)c2ccccc2)cc1C. The van der Waals surface area contributed by atoms with E-state index in [1.165, 1.54) is 0 Å². The lowest BCUT2D eigenvalue weighted by Crippen LogP contribution is -2.15. The third-order valence-corrected chi connectivity index (χ3v) is 4.22. The van der Waals surface area contributed by atoms with Crippen LogP contribution < -0.4 is 5.32 Å². The van der Waals surface area contributed by atoms with Crippen LogP contribution in [0, 0.1) is 13.8 Å². The van der Waals surface area contributed by atoms with Crippen LogP contribution in [0.2, 0.25) is 0 Å². The quantitative estimate of drug-likeness (QED) is 0.700. The lowest BCUT2D eigenvalue weighted by atomic mass is 10.0. The summed E-state index contributed by atoms with van der Waals surface area (Å²) >= 11 is 0. The monoisotopic (exact) mass is 329 g/mol. The molecule has 1 amide bonds. The average molecular weight is 329 g/mol. The molecule has 0 saturated carbocycles. The number of nitrogens with one attached hydrogen (secondary N) is 1. The topological polar surface area (TPSA) is 46.2 Å². The molecule has 0 aliphatic rings. The van der Waals surface area contributed by atoms with Gasteiger partial charge in [0.05, 0.1) is 5.69 Å². The van der Waals surface area contributed by atoms with Gasteiger partial charge in [0.15, 0.2) is 5.78 Å². The Morgan fingerprint density at radius 3 is 2.12 bits per heavy atom. The average Bonchev–Trinajstić information content (AvgIpc) is 2.64. The summed E-state index contributed by atoms with van der Waals surface area (Å²) in [7, 11) is 0. The first-order chi connectivity index (χ1) is 12.1. The molecule has 0 saturated heterocycles. The van der Waals surface area contributed by atoms with Gasteiger partial charge in [-0.3, -0.25) is 9.59 Å². The van der Waals surface area contributed by atoms with E-state index in [0.29, 0.717) is 22.4 Å². The zero-order chi connectivity index (χ0) is 17.8. The minimum atomic E-state index is -0.226. The molecule has 124 valence electrons. The van der Waals surface area contributed by atoms with Crippen LogP contribution in [0.3, 0.4) is 0 Å². The predicted molar refractivity (Wildman–Crippen MR) is 100 cm³/mol. The fraction of sp³-hybridized carbons (Fsp3) is 0.0909. The third-order valence-electron chi connectivity index (χ3n) is 4.22. The zero-order valence-electron chi connectivity index (χ0n) is 14.2. The first kappa shape index (κ1) is 16.7. The van der Waals surface area contributed by atoms with E-state index >= 15 is 0 Å². The van der Waals surface area contributed by atoms with Gasteiger partial charge in [-0.1, -0.05) is 48.5 Å². The Balaban J connectivity index is 1.89. The summed E-state index contributed by atoms with van der Waals surface area (Å²) in [6.07, 6.45) is 0. The minimum absolute atomic E-state index is 0.114. The maximum absolute atomic E-state index is 12.7. The van der Waals surface area contributed by atoms with Gasteiger partial charge in [-0.15, -0.1) is 0 Å². The van der Waals surface area contributed by atoms with E-state index in [-0.39, 0.29) is 11.7 Å². The fourth-order valence-corrected chi connectivity index (χ4v) is 2.61. The van der Waals surface area contributed by atoms with Gasteiger partial charge >= 0.3 is 0 Å². The normalized spacial score (nSPS) is 10.3. The number of carbonyl (C=O) groups is 2. The van der Waals surface area contributed by atoms with Gasteiger partial charge in [-0.25, -0.2) is 0 Å². The van der Waals surface area contributed by atoms with Crippen LogP contribution in [0.4, 0.5) is 5.69 Å². The van der Waals surface area contributed by atoms with Crippen molar-refractivity contribution >= 4 is 17.4 Å². The maximum atomic E-state index is 12.7. The lowest BCUT2D eigenvalue weighted by Gasteiger charge is -2.11. The Morgan fingerprint density at radius 1 is 0.720 bits per heavy atom. The molecule has 0 atom stereocenters. The number of hydrogen-bond donors (Lipinski definition) is 1. The highest BCUT2D eigenvalue weighted by atomic mass is 16.1. The van der Waals surface area contributed by atoms with Gasteiger partial charge in [-0.05, 0) is 49.2 Å². The van der Waals surface area contributed by atoms with Crippen molar-refractivity contribution in [3.8, 4) is 0 Å². The van der Waals surface area contributed by atoms with Crippen LogP contribution in [-0.4, -0.2) is 11.7 Å². The maximum Gasteiger partial charge on any atom is 0.255 e. The second kappa shape index (κ2) is 7.14. The second-order valence-electron chi connectivity index (χ2n) is 5.99. The molecular formula is C22H19NO2. The van der Waals surface area contributed by atoms with E-state index in [1.807, 2.05) is 44.2 Å². The summed E-state index contributed by atoms with van der Waals surface area (Å²) in [5.74, 6) is -0.340. The molecule has 0 aliphatic carbocycles. The van der Waals surface area contributed by atoms with Gasteiger partial charge in [0, 0.05) is 16.7 Å². The molecule has 3 heteroatoms. The summed E-state index contributed by atoms with van der Waals surface area (Å²) in [5, 5.41) is 2.86. The molecule has 25 heavy (non-hydrogen) atoms. The van der Waals surface area contributed by atoms with Crippen LogP contribution >= 0.6 is 0 Å². The zero-order valence-corrected chi connectivity index (χ0v) is 14.2. The van der Waals surface area contributed by atoms with E-state index < -0.39 is 0 Å². The van der Waals surface area contributed by atoms with Gasteiger partial charge in [-0.2, -0.15) is 0 Å². The van der Waals surface area contributed by atoms with Gasteiger partial charge in [0.2, 0.25) is 0 Å². The largest absolute Gasteiger partial charge is 0.321 e. The number of amides is 1. The van der Waals surface area contributed by atoms with E-state index in [0.717, 1.165) is 11.1 Å². The van der Waals surface area contributed by atoms with Crippen LogP contribution in [0.1, 0.15) is 37.4 Å². The number of hydrogen-bond acceptors (Lipinski definition) is 2. The lowest BCUT2D eigenvalue weighted by molar-refractivity contribution is 0.102. The van der Waals surface area contributed by atoms with Crippen LogP contribution in [0.25, 0.3) is 0 Å². The molecule has 3 nitrogen and oxygen atoms in total. The number of benzene rings is 3. The summed E-state index contributed by atoms with van der Waals surface area (Å²) in [6, 6.07) is 21.7. The van der Waals surface area contributed by atoms with E-state index in [9.17, 15) is 9.59 Å². The molecule has 3 rings (SSSR count). The van der Waals surface area contributed by atoms with Crippen molar-refractivity contribution in [3.63, 3.8) is 0 Å². The standard InChI is InChI=1S/C22H19NO2/c1-15-12-13-18(14-16(15)2)22(25)23-20-11-7-6-10-19(20)21(24)17-8-4-3-5-9-17/h3-14H,1-2H3,(H,23,25). The molecule has 0 fully saturated rings. The van der Waals surface area contributed by atoms with E-state index in [1.54, 1.807) is 42.5 Å². The first-order valence-corrected chi connectivity index (χ1v) is 8.13. The molecule has 1 N–H and O–H groups in total. The molecule has 0 bridgehead atoms. The number of carbonyl (C=O) groups excluding carboxylic acids is 2. The highest BCUT2D eigenvalue weighted by molar-refractivity contribution is 6.15. The first-order valence-electron chi connectivity index (χ1n) is 8.13. The Hall–Kier alpha value is -3.20. The third kappa shape index (κ3) is 3.66. The van der Waals surface area contributed by atoms with Crippen molar-refractivity contribution in [1.29, 1.82) is 0 Å². The van der Waals surface area contributed by atoms with Gasteiger partial charge in [0.25, 0.3) is 5.91 Å². The molecule has 0 aliphatic heterocycles. The fourth-order valence-electron chi connectivity index (χ4n) is 2.61. The summed E-state index contributed by atoms with van der Waals surface area (Å²) in [6.45, 7) is 3.98. The van der Waals surface area contributed by atoms with Crippen molar-refractivity contribution in [1.82, 2.24) is 0 Å². The number of aryl methyl sites for hydroxylation is 2. The van der Waals surface area contributed by atoms with Crippen molar-refractivity contribution in [3.05, 3.63) is 101 Å². The smallest absolute Gasteiger partial charge is 0.255 e. The Bertz CT molecular complexity index is 930. The molecule has 0 unspecified atom stereocenters. The molecule has 0 aromatic heterocycles. The van der Waals surface area contributed by atoms with Crippen LogP contribution in [-0.2, 0) is 0 Å². The van der Waals surface area contributed by atoms with Crippen molar-refractivity contribution in [2.45, 2.75) is 13.8 Å². The Kier molecular flexibility index (Phi) is 4.75. The van der Waals surface area contributed by atoms with Crippen molar-refractivity contribution in [2.75, 3.05) is 5.32 Å². The number of rotatable bonds is 4. The molecule has 0 spiro atoms. The molecule has 3 aromatic rings. The summed E-state index contributed by atoms with van der Waals surface area (Å²) in [5.41, 5.74) is 4.35. The Labute approximate surface area is 147 Å². The van der Waals surface area contributed by atoms with Crippen molar-refractivity contribution < 1.29 is 9.59 Å². The summed E-state index contributed by atoms with van der Waals surface area (Å²) < 4.78 is 0. The number of para-hydroxylation sites is 1. The molecule has 3 aromatic carbocycles. The van der Waals surface area contributed by atoms with Crippen LogP contribution in [0.5, 0.6) is 0 Å². The van der Waals surface area contributed by atoms with Crippen molar-refractivity contribution in [2.24, 2.45) is 0 Å².